The molecule has 90 valence electrons. The molecule has 1 aliphatic carbocycles. The van der Waals surface area contributed by atoms with E-state index in [-0.39, 0.29) is 5.78 Å². The van der Waals surface area contributed by atoms with E-state index >= 15 is 0 Å². The fraction of sp³-hybridized carbons (Fsp3) is 0.308. The van der Waals surface area contributed by atoms with Crippen molar-refractivity contribution in [1.82, 2.24) is 0 Å². The highest BCUT2D eigenvalue weighted by Crippen LogP contribution is 2.42. The number of ketones is 1. The van der Waals surface area contributed by atoms with Crippen molar-refractivity contribution in [2.45, 2.75) is 12.8 Å². The molecule has 0 amide bonds. The van der Waals surface area contributed by atoms with Gasteiger partial charge in [-0.2, -0.15) is 0 Å². The van der Waals surface area contributed by atoms with Gasteiger partial charge in [-0.1, -0.05) is 0 Å². The molecule has 0 unspecified atom stereocenters. The van der Waals surface area contributed by atoms with Gasteiger partial charge in [0.25, 0.3) is 0 Å². The lowest BCUT2D eigenvalue weighted by Crippen LogP contribution is -1.94. The van der Waals surface area contributed by atoms with Crippen LogP contribution in [0.3, 0.4) is 0 Å². The Bertz CT molecular complexity index is 492. The molecule has 0 spiro atoms. The van der Waals surface area contributed by atoms with Gasteiger partial charge in [-0.3, -0.25) is 4.79 Å². The Morgan fingerprint density at radius 2 is 1.94 bits per heavy atom. The minimum absolute atomic E-state index is 0.175. The summed E-state index contributed by atoms with van der Waals surface area (Å²) in [5, 5.41) is 0. The van der Waals surface area contributed by atoms with Gasteiger partial charge in [-0.25, -0.2) is 0 Å². The van der Waals surface area contributed by atoms with E-state index < -0.39 is 0 Å². The van der Waals surface area contributed by atoms with E-state index in [1.165, 1.54) is 0 Å². The highest BCUT2D eigenvalue weighted by Gasteiger charge is 2.20. The first-order valence-electron chi connectivity index (χ1n) is 5.31. The average Bonchev–Trinajstić information content (AvgIpc) is 2.75. The van der Waals surface area contributed by atoms with E-state index in [0.29, 0.717) is 12.2 Å². The Labute approximate surface area is 109 Å². The summed E-state index contributed by atoms with van der Waals surface area (Å²) in [4.78, 5) is 11.3. The third-order valence-corrected chi connectivity index (χ3v) is 3.56. The van der Waals surface area contributed by atoms with E-state index in [1.807, 2.05) is 12.1 Å². The number of halogens is 1. The molecule has 1 aliphatic rings. The maximum Gasteiger partial charge on any atom is 0.156 e. The van der Waals surface area contributed by atoms with Crippen molar-refractivity contribution >= 4 is 27.3 Å². The molecule has 0 bridgehead atoms. The molecule has 1 aromatic carbocycles. The topological polar surface area (TPSA) is 35.5 Å². The van der Waals surface area contributed by atoms with Gasteiger partial charge >= 0.3 is 0 Å². The zero-order chi connectivity index (χ0) is 12.4. The fourth-order valence-corrected chi connectivity index (χ4v) is 2.63. The molecule has 3 nitrogen and oxygen atoms in total. The maximum absolute atomic E-state index is 11.3. The first-order valence-corrected chi connectivity index (χ1v) is 6.11. The molecule has 1 aromatic rings. The molecule has 0 N–H and O–H groups in total. The first kappa shape index (κ1) is 12.2. The van der Waals surface area contributed by atoms with Crippen LogP contribution in [0.5, 0.6) is 11.5 Å². The van der Waals surface area contributed by atoms with Crippen molar-refractivity contribution in [3.63, 3.8) is 0 Å². The quantitative estimate of drug-likeness (QED) is 0.859. The summed E-state index contributed by atoms with van der Waals surface area (Å²) in [7, 11) is 3.22. The molecule has 0 heterocycles. The first-order chi connectivity index (χ1) is 8.17. The summed E-state index contributed by atoms with van der Waals surface area (Å²) in [5.41, 5.74) is 1.97. The second-order valence-corrected chi connectivity index (χ2v) is 4.59. The van der Waals surface area contributed by atoms with Crippen LogP contribution in [-0.2, 0) is 4.79 Å². The van der Waals surface area contributed by atoms with Gasteiger partial charge in [0.15, 0.2) is 5.78 Å². The van der Waals surface area contributed by atoms with Gasteiger partial charge in [0.05, 0.1) is 14.2 Å². The number of ether oxygens (including phenoxy) is 2. The number of methoxy groups -OCH3 is 2. The molecular formula is C13H13BrO3. The number of benzene rings is 1. The minimum atomic E-state index is 0.175. The summed E-state index contributed by atoms with van der Waals surface area (Å²) < 4.78 is 11.4. The molecule has 0 saturated carbocycles. The number of allylic oxidation sites excluding steroid dienone is 2. The Morgan fingerprint density at radius 1 is 1.18 bits per heavy atom. The van der Waals surface area contributed by atoms with Crippen LogP contribution in [0.1, 0.15) is 18.4 Å². The lowest BCUT2D eigenvalue weighted by molar-refractivity contribution is -0.114. The smallest absolute Gasteiger partial charge is 0.156 e. The second-order valence-electron chi connectivity index (χ2n) is 3.80. The van der Waals surface area contributed by atoms with E-state index in [0.717, 1.165) is 27.8 Å². The van der Waals surface area contributed by atoms with Crippen molar-refractivity contribution in [3.05, 3.63) is 28.2 Å². The molecule has 0 fully saturated rings. The van der Waals surface area contributed by atoms with Crippen LogP contribution in [0, 0.1) is 0 Å². The lowest BCUT2D eigenvalue weighted by Gasteiger charge is -2.13. The molecular weight excluding hydrogens is 284 g/mol. The fourth-order valence-electron chi connectivity index (χ4n) is 1.96. The average molecular weight is 297 g/mol. The molecule has 0 aliphatic heterocycles. The van der Waals surface area contributed by atoms with Gasteiger partial charge in [0.2, 0.25) is 0 Å². The van der Waals surface area contributed by atoms with Gasteiger partial charge in [-0.15, -0.1) is 0 Å². The Hall–Kier alpha value is -1.29. The van der Waals surface area contributed by atoms with Crippen LogP contribution in [0.15, 0.2) is 22.7 Å². The number of hydrogen-bond donors (Lipinski definition) is 0. The largest absolute Gasteiger partial charge is 0.495 e. The van der Waals surface area contributed by atoms with Crippen molar-refractivity contribution in [1.29, 1.82) is 0 Å². The van der Waals surface area contributed by atoms with Gasteiger partial charge in [-0.05, 0) is 46.1 Å². The molecule has 0 atom stereocenters. The number of rotatable bonds is 3. The third-order valence-electron chi connectivity index (χ3n) is 2.81. The van der Waals surface area contributed by atoms with Crippen molar-refractivity contribution in [2.24, 2.45) is 0 Å². The Morgan fingerprint density at radius 3 is 2.47 bits per heavy atom. The van der Waals surface area contributed by atoms with Crippen molar-refractivity contribution < 1.29 is 14.3 Å². The predicted molar refractivity (Wildman–Crippen MR) is 69.5 cm³/mol. The van der Waals surface area contributed by atoms with E-state index in [1.54, 1.807) is 20.3 Å². The van der Waals surface area contributed by atoms with Crippen LogP contribution in [0.4, 0.5) is 0 Å². The summed E-state index contributed by atoms with van der Waals surface area (Å²) in [5.74, 6) is 1.61. The molecule has 0 saturated heterocycles. The molecule has 17 heavy (non-hydrogen) atoms. The van der Waals surface area contributed by atoms with E-state index in [2.05, 4.69) is 15.9 Å². The summed E-state index contributed by atoms with van der Waals surface area (Å²) in [6.07, 6.45) is 3.05. The second kappa shape index (κ2) is 4.92. The monoisotopic (exact) mass is 296 g/mol. The summed E-state index contributed by atoms with van der Waals surface area (Å²) in [6, 6.07) is 3.79. The molecule has 0 aromatic heterocycles. The van der Waals surface area contributed by atoms with Crippen molar-refractivity contribution in [2.75, 3.05) is 14.2 Å². The normalized spacial score (nSPS) is 14.8. The molecule has 2 rings (SSSR count). The maximum atomic E-state index is 11.3. The lowest BCUT2D eigenvalue weighted by atomic mass is 10.0. The number of hydrogen-bond acceptors (Lipinski definition) is 3. The highest BCUT2D eigenvalue weighted by molar-refractivity contribution is 9.10. The SMILES string of the molecule is COc1ccc(C2=CC(=O)CC2)c(OC)c1Br. The van der Waals surface area contributed by atoms with Crippen LogP contribution >= 0.6 is 15.9 Å². The number of carbonyl (C=O) groups is 1. The van der Waals surface area contributed by atoms with Gasteiger partial charge in [0, 0.05) is 12.0 Å². The zero-order valence-corrected chi connectivity index (χ0v) is 11.3. The zero-order valence-electron chi connectivity index (χ0n) is 9.75. The molecule has 0 radical (unpaired) electrons. The van der Waals surface area contributed by atoms with Crippen LogP contribution in [-0.4, -0.2) is 20.0 Å². The highest BCUT2D eigenvalue weighted by atomic mass is 79.9. The standard InChI is InChI=1S/C13H13BrO3/c1-16-11-6-5-10(13(17-2)12(11)14)8-3-4-9(15)7-8/h5-7H,3-4H2,1-2H3. The minimum Gasteiger partial charge on any atom is -0.495 e. The predicted octanol–water partition coefficient (Wildman–Crippen LogP) is 3.21. The van der Waals surface area contributed by atoms with Gasteiger partial charge in [0.1, 0.15) is 16.0 Å². The summed E-state index contributed by atoms with van der Waals surface area (Å²) >= 11 is 3.45. The van der Waals surface area contributed by atoms with E-state index in [9.17, 15) is 4.79 Å². The van der Waals surface area contributed by atoms with Crippen LogP contribution < -0.4 is 9.47 Å². The third kappa shape index (κ3) is 2.22. The van der Waals surface area contributed by atoms with E-state index in [4.69, 9.17) is 9.47 Å². The summed E-state index contributed by atoms with van der Waals surface area (Å²) in [6.45, 7) is 0. The van der Waals surface area contributed by atoms with Crippen LogP contribution in [0.2, 0.25) is 0 Å². The van der Waals surface area contributed by atoms with Crippen molar-refractivity contribution in [3.8, 4) is 11.5 Å². The van der Waals surface area contributed by atoms with Crippen LogP contribution in [0.25, 0.3) is 5.57 Å². The van der Waals surface area contributed by atoms with Gasteiger partial charge < -0.3 is 9.47 Å². The Kier molecular flexibility index (Phi) is 3.52. The number of carbonyl (C=O) groups excluding carboxylic acids is 1. The Balaban J connectivity index is 2.51. The molecule has 4 heteroatoms.